The smallest absolute Gasteiger partial charge is 0.338 e. The summed E-state index contributed by atoms with van der Waals surface area (Å²) in [6.07, 6.45) is 1.86. The van der Waals surface area contributed by atoms with Crippen molar-refractivity contribution in [3.8, 4) is 0 Å². The molecular weight excluding hydrogens is 502 g/mol. The van der Waals surface area contributed by atoms with Gasteiger partial charge in [0.05, 0.1) is 18.5 Å². The number of hydrogen-bond donors (Lipinski definition) is 1. The van der Waals surface area contributed by atoms with Crippen LogP contribution in [0, 0.1) is 0 Å². The Morgan fingerprint density at radius 2 is 1.68 bits per heavy atom. The summed E-state index contributed by atoms with van der Waals surface area (Å²) in [5.74, 6) is -0.415. The summed E-state index contributed by atoms with van der Waals surface area (Å²) in [6, 6.07) is 17.7. The molecule has 0 radical (unpaired) electrons. The van der Waals surface area contributed by atoms with Crippen molar-refractivity contribution < 1.29 is 23.5 Å². The zero-order valence-corrected chi connectivity index (χ0v) is 22.4. The lowest BCUT2D eigenvalue weighted by molar-refractivity contribution is -0.0467. The van der Waals surface area contributed by atoms with Crippen molar-refractivity contribution in [3.63, 3.8) is 0 Å². The van der Waals surface area contributed by atoms with Crippen molar-refractivity contribution >= 4 is 37.2 Å². The molecule has 5 rings (SSSR count). The molecule has 2 aromatic heterocycles. The number of hydrogen-bond acceptors (Lipinski definition) is 8. The molecular formula is C27H29N5O5Si. The third kappa shape index (κ3) is 5.80. The molecule has 0 saturated carbocycles. The molecule has 1 saturated heterocycles. The number of fused-ring (bicyclic) bond motifs is 1. The predicted molar refractivity (Wildman–Crippen MR) is 143 cm³/mol. The average molecular weight is 532 g/mol. The van der Waals surface area contributed by atoms with Gasteiger partial charge in [-0.05, 0) is 43.9 Å². The van der Waals surface area contributed by atoms with Crippen LogP contribution < -0.4 is 5.32 Å². The molecule has 11 heteroatoms. The van der Waals surface area contributed by atoms with Crippen LogP contribution in [-0.2, 0) is 13.9 Å². The summed E-state index contributed by atoms with van der Waals surface area (Å²) in [5, 5.41) is 2.81. The highest BCUT2D eigenvalue weighted by molar-refractivity contribution is 6.69. The zero-order valence-electron chi connectivity index (χ0n) is 21.4. The van der Waals surface area contributed by atoms with Crippen LogP contribution in [0.2, 0.25) is 19.6 Å². The third-order valence-electron chi connectivity index (χ3n) is 6.07. The minimum absolute atomic E-state index is 0.297. The van der Waals surface area contributed by atoms with Crippen LogP contribution in [0.15, 0.2) is 73.3 Å². The number of carbonyl (C=O) groups excluding carboxylic acids is 2. The lowest BCUT2D eigenvalue weighted by Crippen LogP contribution is -2.36. The molecule has 1 aliphatic rings. The summed E-state index contributed by atoms with van der Waals surface area (Å²) in [7, 11) is -1.84. The Balaban J connectivity index is 1.37. The van der Waals surface area contributed by atoms with Crippen molar-refractivity contribution in [3.05, 3.63) is 84.4 Å². The topological polar surface area (TPSA) is 117 Å². The highest BCUT2D eigenvalue weighted by Crippen LogP contribution is 2.34. The SMILES string of the molecule is C[Si](C)(C)OC[C@H]1O[C@@H](n2cnc3c(NC(=O)c4ccccc4)ncnc32)C[C@@H]1OC(=O)c1ccccc1. The average Bonchev–Trinajstić information content (AvgIpc) is 3.52. The number of nitrogens with one attached hydrogen (secondary N) is 1. The molecule has 1 fully saturated rings. The molecule has 1 N–H and O–H groups in total. The Labute approximate surface area is 221 Å². The van der Waals surface area contributed by atoms with E-state index in [1.54, 1.807) is 59.4 Å². The van der Waals surface area contributed by atoms with Crippen molar-refractivity contribution in [2.75, 3.05) is 11.9 Å². The molecule has 196 valence electrons. The fraction of sp³-hybridized carbons (Fsp3) is 0.296. The minimum Gasteiger partial charge on any atom is -0.456 e. The van der Waals surface area contributed by atoms with E-state index >= 15 is 0 Å². The van der Waals surface area contributed by atoms with Gasteiger partial charge >= 0.3 is 5.97 Å². The van der Waals surface area contributed by atoms with Crippen molar-refractivity contribution in [2.24, 2.45) is 0 Å². The molecule has 2 aromatic carbocycles. The molecule has 0 spiro atoms. The summed E-state index contributed by atoms with van der Waals surface area (Å²) in [4.78, 5) is 38.6. The Kier molecular flexibility index (Phi) is 7.32. The first-order chi connectivity index (χ1) is 18.3. The van der Waals surface area contributed by atoms with Gasteiger partial charge in [0.15, 0.2) is 25.3 Å². The standard InChI is InChI=1S/C27H29N5O5Si/c1-38(2,3)35-15-21-20(37-27(34)19-12-8-5-9-13-19)14-22(36-21)32-17-30-23-24(28-16-29-25(23)32)31-26(33)18-10-6-4-7-11-18/h4-13,16-17,20-22H,14-15H2,1-3H3,(H,28,29,31,33)/t20-,21+,22+/m0/s1. The van der Waals surface area contributed by atoms with Crippen LogP contribution in [0.3, 0.4) is 0 Å². The molecule has 0 bridgehead atoms. The van der Waals surface area contributed by atoms with Gasteiger partial charge in [-0.2, -0.15) is 0 Å². The Hall–Kier alpha value is -3.93. The summed E-state index contributed by atoms with van der Waals surface area (Å²) >= 11 is 0. The summed E-state index contributed by atoms with van der Waals surface area (Å²) < 4.78 is 20.1. The number of esters is 1. The maximum Gasteiger partial charge on any atom is 0.338 e. The number of nitrogens with zero attached hydrogens (tertiary/aromatic N) is 4. The second-order valence-corrected chi connectivity index (χ2v) is 14.5. The van der Waals surface area contributed by atoms with Gasteiger partial charge in [-0.15, -0.1) is 0 Å². The van der Waals surface area contributed by atoms with E-state index in [2.05, 4.69) is 39.9 Å². The molecule has 4 aromatic rings. The van der Waals surface area contributed by atoms with Gasteiger partial charge in [-0.25, -0.2) is 19.7 Å². The first-order valence-electron chi connectivity index (χ1n) is 12.4. The maximum absolute atomic E-state index is 12.8. The molecule has 0 unspecified atom stereocenters. The molecule has 38 heavy (non-hydrogen) atoms. The number of benzene rings is 2. The Morgan fingerprint density at radius 1 is 1.00 bits per heavy atom. The van der Waals surface area contributed by atoms with E-state index in [1.807, 2.05) is 12.1 Å². The van der Waals surface area contributed by atoms with E-state index in [4.69, 9.17) is 13.9 Å². The Morgan fingerprint density at radius 3 is 2.37 bits per heavy atom. The highest BCUT2D eigenvalue weighted by atomic mass is 28.4. The maximum atomic E-state index is 12.8. The molecule has 1 aliphatic heterocycles. The number of carbonyl (C=O) groups is 2. The monoisotopic (exact) mass is 531 g/mol. The lowest BCUT2D eigenvalue weighted by Gasteiger charge is -2.24. The van der Waals surface area contributed by atoms with Gasteiger partial charge < -0.3 is 19.2 Å². The zero-order chi connectivity index (χ0) is 26.7. The van der Waals surface area contributed by atoms with Crippen LogP contribution >= 0.6 is 0 Å². The van der Waals surface area contributed by atoms with Gasteiger partial charge in [0.2, 0.25) is 0 Å². The minimum atomic E-state index is -1.84. The first-order valence-corrected chi connectivity index (χ1v) is 15.8. The second-order valence-electron chi connectivity index (χ2n) is 9.96. The fourth-order valence-electron chi connectivity index (χ4n) is 4.18. The van der Waals surface area contributed by atoms with E-state index in [9.17, 15) is 9.59 Å². The van der Waals surface area contributed by atoms with Crippen LogP contribution in [0.1, 0.15) is 33.4 Å². The molecule has 10 nitrogen and oxygen atoms in total. The fourth-order valence-corrected chi connectivity index (χ4v) is 4.84. The summed E-state index contributed by atoms with van der Waals surface area (Å²) in [6.45, 7) is 6.58. The predicted octanol–water partition coefficient (Wildman–Crippen LogP) is 4.44. The largest absolute Gasteiger partial charge is 0.456 e. The number of imidazole rings is 1. The third-order valence-corrected chi connectivity index (χ3v) is 7.10. The van der Waals surface area contributed by atoms with Crippen LogP contribution in [-0.4, -0.2) is 58.5 Å². The van der Waals surface area contributed by atoms with Gasteiger partial charge in [0.25, 0.3) is 5.91 Å². The van der Waals surface area contributed by atoms with Crippen molar-refractivity contribution in [1.29, 1.82) is 0 Å². The van der Waals surface area contributed by atoms with Crippen molar-refractivity contribution in [1.82, 2.24) is 19.5 Å². The lowest BCUT2D eigenvalue weighted by atomic mass is 10.1. The second kappa shape index (κ2) is 10.8. The number of anilines is 1. The van der Waals surface area contributed by atoms with Crippen LogP contribution in [0.4, 0.5) is 5.82 Å². The number of rotatable bonds is 8. The van der Waals surface area contributed by atoms with Gasteiger partial charge in [0, 0.05) is 12.0 Å². The highest BCUT2D eigenvalue weighted by Gasteiger charge is 2.40. The van der Waals surface area contributed by atoms with E-state index in [0.717, 1.165) is 0 Å². The number of aromatic nitrogens is 4. The molecule has 3 atom stereocenters. The molecule has 3 heterocycles. The number of amides is 1. The van der Waals surface area contributed by atoms with E-state index < -0.39 is 32.7 Å². The van der Waals surface area contributed by atoms with Gasteiger partial charge in [-0.1, -0.05) is 36.4 Å². The van der Waals surface area contributed by atoms with Crippen molar-refractivity contribution in [2.45, 2.75) is 44.5 Å². The van der Waals surface area contributed by atoms with Gasteiger partial charge in [-0.3, -0.25) is 9.36 Å². The Bertz CT molecular complexity index is 1420. The van der Waals surface area contributed by atoms with E-state index in [-0.39, 0.29) is 5.91 Å². The van der Waals surface area contributed by atoms with E-state index in [0.29, 0.717) is 41.1 Å². The van der Waals surface area contributed by atoms with E-state index in [1.165, 1.54) is 6.33 Å². The molecule has 1 amide bonds. The number of ether oxygens (including phenoxy) is 2. The normalized spacial score (nSPS) is 19.4. The molecule has 0 aliphatic carbocycles. The van der Waals surface area contributed by atoms with Crippen LogP contribution in [0.25, 0.3) is 11.2 Å². The summed E-state index contributed by atoms with van der Waals surface area (Å²) in [5.41, 5.74) is 1.90. The first kappa shape index (κ1) is 25.7. The quantitative estimate of drug-likeness (QED) is 0.262. The van der Waals surface area contributed by atoms with Gasteiger partial charge in [0.1, 0.15) is 24.8 Å². The van der Waals surface area contributed by atoms with Crippen LogP contribution in [0.5, 0.6) is 0 Å².